The second-order valence-electron chi connectivity index (χ2n) is 5.53. The SMILES string of the molecule is CCOC1(C(N)c2cccc(Cl)c2Cl)CCCCCC1. The molecule has 1 aromatic carbocycles. The van der Waals surface area contributed by atoms with Crippen molar-refractivity contribution in [2.45, 2.75) is 57.1 Å². The molecular weight excluding hydrogens is 293 g/mol. The number of nitrogens with two attached hydrogens (primary N) is 1. The first kappa shape index (κ1) is 16.1. The molecule has 1 saturated carbocycles. The van der Waals surface area contributed by atoms with Gasteiger partial charge in [0.1, 0.15) is 0 Å². The molecule has 1 atom stereocenters. The Morgan fingerprint density at radius 2 is 1.85 bits per heavy atom. The van der Waals surface area contributed by atoms with E-state index in [1.165, 1.54) is 12.8 Å². The Hall–Kier alpha value is -0.280. The topological polar surface area (TPSA) is 35.2 Å². The summed E-state index contributed by atoms with van der Waals surface area (Å²) in [4.78, 5) is 0. The Kier molecular flexibility index (Phi) is 5.74. The lowest BCUT2D eigenvalue weighted by atomic mass is 9.82. The maximum atomic E-state index is 6.56. The summed E-state index contributed by atoms with van der Waals surface area (Å²) < 4.78 is 6.13. The zero-order valence-corrected chi connectivity index (χ0v) is 13.5. The van der Waals surface area contributed by atoms with Crippen LogP contribution < -0.4 is 5.73 Å². The molecular formula is C16H23Cl2NO. The molecule has 0 aliphatic heterocycles. The fourth-order valence-electron chi connectivity index (χ4n) is 3.20. The molecule has 2 nitrogen and oxygen atoms in total. The molecule has 0 radical (unpaired) electrons. The van der Waals surface area contributed by atoms with Gasteiger partial charge >= 0.3 is 0 Å². The Labute approximate surface area is 131 Å². The second-order valence-corrected chi connectivity index (χ2v) is 6.32. The van der Waals surface area contributed by atoms with Crippen molar-refractivity contribution in [3.05, 3.63) is 33.8 Å². The van der Waals surface area contributed by atoms with E-state index in [2.05, 4.69) is 0 Å². The first-order valence-electron chi connectivity index (χ1n) is 7.44. The standard InChI is InChI=1S/C16H23Cl2NO/c1-2-20-16(10-5-3-4-6-11-16)15(19)12-8-7-9-13(17)14(12)18/h7-9,15H,2-6,10-11,19H2,1H3. The van der Waals surface area contributed by atoms with Gasteiger partial charge in [0.15, 0.2) is 0 Å². The number of halogens is 2. The zero-order chi connectivity index (χ0) is 14.6. The highest BCUT2D eigenvalue weighted by molar-refractivity contribution is 6.42. The van der Waals surface area contributed by atoms with Crippen LogP contribution in [0.1, 0.15) is 57.1 Å². The third-order valence-electron chi connectivity index (χ3n) is 4.27. The average Bonchev–Trinajstić information content (AvgIpc) is 2.68. The van der Waals surface area contributed by atoms with Gasteiger partial charge in [0, 0.05) is 6.61 Å². The van der Waals surface area contributed by atoms with E-state index in [-0.39, 0.29) is 11.6 Å². The summed E-state index contributed by atoms with van der Waals surface area (Å²) in [5.74, 6) is 0. The summed E-state index contributed by atoms with van der Waals surface area (Å²) in [6.45, 7) is 2.70. The van der Waals surface area contributed by atoms with E-state index in [4.69, 9.17) is 33.7 Å². The molecule has 0 saturated heterocycles. The lowest BCUT2D eigenvalue weighted by Crippen LogP contribution is -2.43. The maximum Gasteiger partial charge on any atom is 0.0874 e. The lowest BCUT2D eigenvalue weighted by molar-refractivity contribution is -0.0695. The summed E-state index contributed by atoms with van der Waals surface area (Å²) in [5.41, 5.74) is 7.15. The molecule has 2 rings (SSSR count). The van der Waals surface area contributed by atoms with Crippen molar-refractivity contribution in [2.75, 3.05) is 6.61 Å². The van der Waals surface area contributed by atoms with Crippen LogP contribution in [0.2, 0.25) is 10.0 Å². The molecule has 1 unspecified atom stereocenters. The first-order valence-corrected chi connectivity index (χ1v) is 8.20. The van der Waals surface area contributed by atoms with Crippen LogP contribution >= 0.6 is 23.2 Å². The third-order valence-corrected chi connectivity index (χ3v) is 5.10. The summed E-state index contributed by atoms with van der Waals surface area (Å²) in [6, 6.07) is 5.43. The van der Waals surface area contributed by atoms with Crippen LogP contribution in [0.5, 0.6) is 0 Å². The fourth-order valence-corrected chi connectivity index (χ4v) is 3.63. The summed E-state index contributed by atoms with van der Waals surface area (Å²) >= 11 is 12.5. The van der Waals surface area contributed by atoms with Crippen molar-refractivity contribution >= 4 is 23.2 Å². The van der Waals surface area contributed by atoms with Crippen LogP contribution in [-0.4, -0.2) is 12.2 Å². The fraction of sp³-hybridized carbons (Fsp3) is 0.625. The van der Waals surface area contributed by atoms with Gasteiger partial charge in [-0.15, -0.1) is 0 Å². The number of hydrogen-bond acceptors (Lipinski definition) is 2. The number of hydrogen-bond donors (Lipinski definition) is 1. The van der Waals surface area contributed by atoms with Gasteiger partial charge in [-0.2, -0.15) is 0 Å². The molecule has 2 N–H and O–H groups in total. The number of rotatable bonds is 4. The van der Waals surface area contributed by atoms with Gasteiger partial charge in [0.2, 0.25) is 0 Å². The highest BCUT2D eigenvalue weighted by Gasteiger charge is 2.39. The van der Waals surface area contributed by atoms with Crippen molar-refractivity contribution in [1.29, 1.82) is 0 Å². The first-order chi connectivity index (χ1) is 9.60. The van der Waals surface area contributed by atoms with Crippen LogP contribution in [-0.2, 0) is 4.74 Å². The lowest BCUT2D eigenvalue weighted by Gasteiger charge is -2.38. The van der Waals surface area contributed by atoms with Gasteiger partial charge in [-0.05, 0) is 31.4 Å². The van der Waals surface area contributed by atoms with Gasteiger partial charge in [-0.25, -0.2) is 0 Å². The van der Waals surface area contributed by atoms with Crippen LogP contribution in [0, 0.1) is 0 Å². The highest BCUT2D eigenvalue weighted by atomic mass is 35.5. The normalized spacial score (nSPS) is 20.4. The minimum atomic E-state index is -0.306. The summed E-state index contributed by atoms with van der Waals surface area (Å²) in [5, 5.41) is 1.12. The Balaban J connectivity index is 2.34. The van der Waals surface area contributed by atoms with E-state index in [0.717, 1.165) is 31.2 Å². The van der Waals surface area contributed by atoms with Crippen molar-refractivity contribution < 1.29 is 4.74 Å². The Bertz CT molecular complexity index is 442. The van der Waals surface area contributed by atoms with Gasteiger partial charge < -0.3 is 10.5 Å². The smallest absolute Gasteiger partial charge is 0.0874 e. The van der Waals surface area contributed by atoms with Gasteiger partial charge in [-0.1, -0.05) is 61.0 Å². The second kappa shape index (κ2) is 7.13. The van der Waals surface area contributed by atoms with E-state index in [0.29, 0.717) is 16.7 Å². The predicted molar refractivity (Wildman–Crippen MR) is 85.4 cm³/mol. The molecule has 0 amide bonds. The monoisotopic (exact) mass is 315 g/mol. The predicted octanol–water partition coefficient (Wildman–Crippen LogP) is 5.12. The molecule has 0 aromatic heterocycles. The van der Waals surface area contributed by atoms with E-state index < -0.39 is 0 Å². The van der Waals surface area contributed by atoms with E-state index >= 15 is 0 Å². The van der Waals surface area contributed by atoms with Crippen molar-refractivity contribution in [2.24, 2.45) is 5.73 Å². The van der Waals surface area contributed by atoms with E-state index in [1.54, 1.807) is 6.07 Å². The number of ether oxygens (including phenoxy) is 1. The molecule has 0 bridgehead atoms. The quantitative estimate of drug-likeness (QED) is 0.782. The van der Waals surface area contributed by atoms with Crippen LogP contribution in [0.25, 0.3) is 0 Å². The molecule has 1 fully saturated rings. The van der Waals surface area contributed by atoms with Crippen molar-refractivity contribution in [1.82, 2.24) is 0 Å². The zero-order valence-electron chi connectivity index (χ0n) is 12.0. The van der Waals surface area contributed by atoms with Gasteiger partial charge in [0.05, 0.1) is 21.7 Å². The van der Waals surface area contributed by atoms with Crippen LogP contribution in [0.15, 0.2) is 18.2 Å². The van der Waals surface area contributed by atoms with Crippen molar-refractivity contribution in [3.8, 4) is 0 Å². The van der Waals surface area contributed by atoms with Crippen LogP contribution in [0.4, 0.5) is 0 Å². The molecule has 0 heterocycles. The molecule has 112 valence electrons. The van der Waals surface area contributed by atoms with E-state index in [1.807, 2.05) is 19.1 Å². The molecule has 4 heteroatoms. The maximum absolute atomic E-state index is 6.56. The minimum Gasteiger partial charge on any atom is -0.373 e. The number of benzene rings is 1. The third kappa shape index (κ3) is 3.30. The summed E-state index contributed by atoms with van der Waals surface area (Å²) in [7, 11) is 0. The minimum absolute atomic E-state index is 0.230. The van der Waals surface area contributed by atoms with Crippen molar-refractivity contribution in [3.63, 3.8) is 0 Å². The van der Waals surface area contributed by atoms with Gasteiger partial charge in [0.25, 0.3) is 0 Å². The largest absolute Gasteiger partial charge is 0.373 e. The molecule has 20 heavy (non-hydrogen) atoms. The summed E-state index contributed by atoms with van der Waals surface area (Å²) in [6.07, 6.45) is 6.81. The van der Waals surface area contributed by atoms with Crippen LogP contribution in [0.3, 0.4) is 0 Å². The molecule has 0 spiro atoms. The van der Waals surface area contributed by atoms with E-state index in [9.17, 15) is 0 Å². The molecule has 1 aliphatic carbocycles. The van der Waals surface area contributed by atoms with Gasteiger partial charge in [-0.3, -0.25) is 0 Å². The molecule has 1 aliphatic rings. The average molecular weight is 316 g/mol. The Morgan fingerprint density at radius 3 is 2.45 bits per heavy atom. The highest BCUT2D eigenvalue weighted by Crippen LogP contribution is 2.42. The Morgan fingerprint density at radius 1 is 1.20 bits per heavy atom. The molecule has 1 aromatic rings.